The summed E-state index contributed by atoms with van der Waals surface area (Å²) in [6.07, 6.45) is 1.74. The maximum Gasteiger partial charge on any atom is 0.337 e. The van der Waals surface area contributed by atoms with Crippen molar-refractivity contribution in [3.63, 3.8) is 0 Å². The minimum atomic E-state index is -0.433. The molecule has 0 spiro atoms. The zero-order valence-electron chi connectivity index (χ0n) is 20.2. The molecule has 10 heteroatoms. The minimum absolute atomic E-state index is 0.0294. The zero-order chi connectivity index (χ0) is 26.5. The average molecular weight is 585 g/mol. The van der Waals surface area contributed by atoms with Gasteiger partial charge in [0.25, 0.3) is 5.91 Å². The topological polar surface area (TPSA) is 77.4 Å². The van der Waals surface area contributed by atoms with Gasteiger partial charge in [-0.25, -0.2) is 14.2 Å². The Morgan fingerprint density at radius 3 is 2.54 bits per heavy atom. The van der Waals surface area contributed by atoms with Crippen LogP contribution in [0.15, 0.2) is 75.0 Å². The number of carbonyl (C=O) groups is 2. The number of hydrogen-bond donors (Lipinski definition) is 0. The number of carbonyl (C=O) groups excluding carboxylic acids is 2. The van der Waals surface area contributed by atoms with Crippen LogP contribution in [0.3, 0.4) is 0 Å². The summed E-state index contributed by atoms with van der Waals surface area (Å²) in [6, 6.07) is 16.5. The van der Waals surface area contributed by atoms with Crippen LogP contribution in [-0.4, -0.2) is 43.2 Å². The Morgan fingerprint density at radius 1 is 1.14 bits per heavy atom. The van der Waals surface area contributed by atoms with E-state index in [0.29, 0.717) is 48.4 Å². The Bertz CT molecular complexity index is 1410. The molecule has 1 heterocycles. The number of thioether (sulfide) groups is 1. The van der Waals surface area contributed by atoms with Gasteiger partial charge < -0.3 is 14.2 Å². The van der Waals surface area contributed by atoms with Crippen molar-refractivity contribution < 1.29 is 28.2 Å². The fourth-order valence-corrected chi connectivity index (χ4v) is 4.99. The third-order valence-corrected chi connectivity index (χ3v) is 7.05. The average Bonchev–Trinajstić information content (AvgIpc) is 3.16. The Labute approximate surface area is 226 Å². The highest BCUT2D eigenvalue weighted by Crippen LogP contribution is 2.39. The van der Waals surface area contributed by atoms with Gasteiger partial charge in [-0.3, -0.25) is 9.69 Å². The molecule has 1 fully saturated rings. The molecule has 3 aromatic carbocycles. The van der Waals surface area contributed by atoms with E-state index in [-0.39, 0.29) is 18.3 Å². The minimum Gasteiger partial charge on any atom is -0.493 e. The van der Waals surface area contributed by atoms with Crippen molar-refractivity contribution >= 4 is 56.5 Å². The molecular weight excluding hydrogens is 563 g/mol. The standard InChI is InChI=1S/C27H22BrFN2O5S/c1-31-25(32)23(37-27(31)30-19-10-8-17(9-11-19)26(33)35-3)14-16-12-20(28)24(22(13-16)34-2)36-15-18-6-4-5-7-21(18)29/h4-14H,15H2,1-3H3/b23-14-,30-27?. The van der Waals surface area contributed by atoms with E-state index in [1.807, 2.05) is 0 Å². The first-order chi connectivity index (χ1) is 17.8. The summed E-state index contributed by atoms with van der Waals surface area (Å²) in [6.45, 7) is 0.0294. The van der Waals surface area contributed by atoms with Crippen LogP contribution in [0.5, 0.6) is 11.5 Å². The predicted octanol–water partition coefficient (Wildman–Crippen LogP) is 6.20. The summed E-state index contributed by atoms with van der Waals surface area (Å²) in [4.78, 5) is 31.0. The number of nitrogens with zero attached hydrogens (tertiary/aromatic N) is 2. The molecule has 190 valence electrons. The third-order valence-electron chi connectivity index (χ3n) is 5.40. The van der Waals surface area contributed by atoms with Gasteiger partial charge in [-0.1, -0.05) is 18.2 Å². The molecule has 0 aromatic heterocycles. The highest BCUT2D eigenvalue weighted by molar-refractivity contribution is 9.10. The number of hydrogen-bond acceptors (Lipinski definition) is 7. The first-order valence-corrected chi connectivity index (χ1v) is 12.6. The molecule has 4 rings (SSSR count). The number of amides is 1. The number of esters is 1. The van der Waals surface area contributed by atoms with E-state index in [1.165, 1.54) is 36.9 Å². The SMILES string of the molecule is COC(=O)c1ccc(N=C2S/C(=C\c3cc(Br)c(OCc4ccccc4F)c(OC)c3)C(=O)N2C)cc1. The number of likely N-dealkylation sites (N-methyl/N-ethyl adjacent to an activating group) is 1. The smallest absolute Gasteiger partial charge is 0.337 e. The van der Waals surface area contributed by atoms with Crippen molar-refractivity contribution in [1.82, 2.24) is 4.90 Å². The molecular formula is C27H22BrFN2O5S. The van der Waals surface area contributed by atoms with Gasteiger partial charge in [0.2, 0.25) is 0 Å². The number of halogens is 2. The lowest BCUT2D eigenvalue weighted by molar-refractivity contribution is -0.121. The van der Waals surface area contributed by atoms with Crippen molar-refractivity contribution in [2.24, 2.45) is 4.99 Å². The molecule has 0 atom stereocenters. The van der Waals surface area contributed by atoms with Crippen LogP contribution in [0.2, 0.25) is 0 Å². The number of ether oxygens (including phenoxy) is 3. The van der Waals surface area contributed by atoms with Gasteiger partial charge in [0.1, 0.15) is 12.4 Å². The van der Waals surface area contributed by atoms with E-state index in [4.69, 9.17) is 14.2 Å². The lowest BCUT2D eigenvalue weighted by Gasteiger charge is -2.14. The first kappa shape index (κ1) is 26.4. The summed E-state index contributed by atoms with van der Waals surface area (Å²) >= 11 is 4.73. The molecule has 0 radical (unpaired) electrons. The molecule has 0 bridgehead atoms. The number of amidine groups is 1. The number of methoxy groups -OCH3 is 2. The second kappa shape index (κ2) is 11.6. The molecule has 3 aromatic rings. The summed E-state index contributed by atoms with van der Waals surface area (Å²) in [5, 5.41) is 0.498. The molecule has 0 aliphatic carbocycles. The molecule has 0 N–H and O–H groups in total. The van der Waals surface area contributed by atoms with Gasteiger partial charge in [0.15, 0.2) is 16.7 Å². The fraction of sp³-hybridized carbons (Fsp3) is 0.148. The molecule has 1 aliphatic heterocycles. The van der Waals surface area contributed by atoms with Gasteiger partial charge in [-0.2, -0.15) is 0 Å². The van der Waals surface area contributed by atoms with Crippen molar-refractivity contribution in [3.05, 3.63) is 92.5 Å². The fourth-order valence-electron chi connectivity index (χ4n) is 3.43. The lowest BCUT2D eigenvalue weighted by Crippen LogP contribution is -2.23. The van der Waals surface area contributed by atoms with Crippen LogP contribution >= 0.6 is 27.7 Å². The summed E-state index contributed by atoms with van der Waals surface area (Å²) in [5.74, 6) is -0.132. The van der Waals surface area contributed by atoms with E-state index in [0.717, 1.165) is 0 Å². The lowest BCUT2D eigenvalue weighted by atomic mass is 10.1. The first-order valence-electron chi connectivity index (χ1n) is 11.0. The Kier molecular flexibility index (Phi) is 8.30. The molecule has 37 heavy (non-hydrogen) atoms. The molecule has 1 saturated heterocycles. The van der Waals surface area contributed by atoms with Gasteiger partial charge in [-0.15, -0.1) is 0 Å². The summed E-state index contributed by atoms with van der Waals surface area (Å²) < 4.78 is 30.6. The highest BCUT2D eigenvalue weighted by Gasteiger charge is 2.30. The zero-order valence-corrected chi connectivity index (χ0v) is 22.6. The Morgan fingerprint density at radius 2 is 1.86 bits per heavy atom. The summed E-state index contributed by atoms with van der Waals surface area (Å²) in [7, 11) is 4.47. The molecule has 1 amide bonds. The van der Waals surface area contributed by atoms with Gasteiger partial charge in [-0.05, 0) is 81.8 Å². The largest absolute Gasteiger partial charge is 0.493 e. The molecule has 1 aliphatic rings. The maximum atomic E-state index is 14.0. The van der Waals surface area contributed by atoms with Gasteiger partial charge in [0.05, 0.1) is 34.8 Å². The van der Waals surface area contributed by atoms with E-state index in [9.17, 15) is 14.0 Å². The van der Waals surface area contributed by atoms with Crippen LogP contribution in [0.4, 0.5) is 10.1 Å². The number of aliphatic imine (C=N–C) groups is 1. The van der Waals surface area contributed by atoms with Gasteiger partial charge >= 0.3 is 5.97 Å². The summed E-state index contributed by atoms with van der Waals surface area (Å²) in [5.41, 5.74) is 2.13. The van der Waals surface area contributed by atoms with Gasteiger partial charge in [0, 0.05) is 12.6 Å². The second-order valence-corrected chi connectivity index (χ2v) is 9.69. The Balaban J connectivity index is 1.55. The van der Waals surface area contributed by atoms with Crippen LogP contribution in [0, 0.1) is 5.82 Å². The molecule has 7 nitrogen and oxygen atoms in total. The van der Waals surface area contributed by atoms with Crippen molar-refractivity contribution in [3.8, 4) is 11.5 Å². The van der Waals surface area contributed by atoms with Crippen LogP contribution in [0.1, 0.15) is 21.5 Å². The van der Waals surface area contributed by atoms with Crippen LogP contribution in [-0.2, 0) is 16.1 Å². The molecule has 0 unspecified atom stereocenters. The normalized spacial score (nSPS) is 15.4. The second-order valence-electron chi connectivity index (χ2n) is 7.82. The number of rotatable bonds is 7. The van der Waals surface area contributed by atoms with Crippen molar-refractivity contribution in [2.45, 2.75) is 6.61 Å². The van der Waals surface area contributed by atoms with E-state index in [1.54, 1.807) is 67.7 Å². The number of benzene rings is 3. The van der Waals surface area contributed by atoms with E-state index in [2.05, 4.69) is 20.9 Å². The monoisotopic (exact) mass is 584 g/mol. The van der Waals surface area contributed by atoms with E-state index >= 15 is 0 Å². The maximum absolute atomic E-state index is 14.0. The van der Waals surface area contributed by atoms with Crippen LogP contribution in [0.25, 0.3) is 6.08 Å². The molecule has 0 saturated carbocycles. The highest BCUT2D eigenvalue weighted by atomic mass is 79.9. The third kappa shape index (κ3) is 6.03. The van der Waals surface area contributed by atoms with Crippen molar-refractivity contribution in [1.29, 1.82) is 0 Å². The Hall–Kier alpha value is -3.63. The van der Waals surface area contributed by atoms with E-state index < -0.39 is 5.97 Å². The van der Waals surface area contributed by atoms with Crippen molar-refractivity contribution in [2.75, 3.05) is 21.3 Å². The quantitative estimate of drug-likeness (QED) is 0.243. The predicted molar refractivity (Wildman–Crippen MR) is 145 cm³/mol. The van der Waals surface area contributed by atoms with Crippen LogP contribution < -0.4 is 9.47 Å².